The van der Waals surface area contributed by atoms with Crippen molar-refractivity contribution in [1.82, 2.24) is 4.90 Å². The first-order chi connectivity index (χ1) is 10.8. The SMILES string of the molecule is CCCCCCCCCCCCCCCN(C)C.O=S(=O)(O)O. The minimum atomic E-state index is -4.67. The molecule has 2 N–H and O–H groups in total. The highest BCUT2D eigenvalue weighted by molar-refractivity contribution is 7.79. The van der Waals surface area contributed by atoms with Crippen molar-refractivity contribution >= 4 is 10.4 Å². The van der Waals surface area contributed by atoms with Crippen molar-refractivity contribution < 1.29 is 17.5 Å². The summed E-state index contributed by atoms with van der Waals surface area (Å²) in [5.41, 5.74) is 0. The monoisotopic (exact) mass is 353 g/mol. The lowest BCUT2D eigenvalue weighted by Gasteiger charge is -2.08. The van der Waals surface area contributed by atoms with Gasteiger partial charge in [0.1, 0.15) is 0 Å². The molecule has 0 rings (SSSR count). The van der Waals surface area contributed by atoms with Gasteiger partial charge in [-0.2, -0.15) is 8.42 Å². The third kappa shape index (κ3) is 39.0. The highest BCUT2D eigenvalue weighted by Crippen LogP contribution is 2.12. The molecule has 23 heavy (non-hydrogen) atoms. The van der Waals surface area contributed by atoms with Gasteiger partial charge in [-0.15, -0.1) is 0 Å². The second-order valence-electron chi connectivity index (χ2n) is 6.49. The lowest BCUT2D eigenvalue weighted by molar-refractivity contribution is 0.381. The second kappa shape index (κ2) is 18.2. The molecule has 0 unspecified atom stereocenters. The number of hydrogen-bond donors (Lipinski definition) is 2. The second-order valence-corrected chi connectivity index (χ2v) is 7.39. The van der Waals surface area contributed by atoms with Crippen LogP contribution in [0.25, 0.3) is 0 Å². The van der Waals surface area contributed by atoms with Crippen molar-refractivity contribution in [3.05, 3.63) is 0 Å². The predicted octanol–water partition coefficient (Wildman–Crippen LogP) is 4.99. The molecule has 0 saturated carbocycles. The van der Waals surface area contributed by atoms with Crippen LogP contribution in [-0.2, 0) is 10.4 Å². The molecule has 0 aromatic rings. The zero-order valence-corrected chi connectivity index (χ0v) is 16.3. The summed E-state index contributed by atoms with van der Waals surface area (Å²) in [6.45, 7) is 3.55. The van der Waals surface area contributed by atoms with Crippen molar-refractivity contribution in [1.29, 1.82) is 0 Å². The van der Waals surface area contributed by atoms with E-state index in [0.717, 1.165) is 0 Å². The molecule has 0 saturated heterocycles. The van der Waals surface area contributed by atoms with Gasteiger partial charge in [-0.25, -0.2) is 0 Å². The molecule has 0 atom stereocenters. The van der Waals surface area contributed by atoms with Crippen LogP contribution in [0.15, 0.2) is 0 Å². The quantitative estimate of drug-likeness (QED) is 0.340. The minimum absolute atomic E-state index is 1.26. The van der Waals surface area contributed by atoms with Crippen molar-refractivity contribution in [2.75, 3.05) is 20.6 Å². The third-order valence-electron chi connectivity index (χ3n) is 3.71. The van der Waals surface area contributed by atoms with Crippen LogP contribution in [-0.4, -0.2) is 43.1 Å². The number of rotatable bonds is 14. The first-order valence-electron chi connectivity index (χ1n) is 9.12. The Morgan fingerprint density at radius 2 is 0.913 bits per heavy atom. The topological polar surface area (TPSA) is 77.8 Å². The van der Waals surface area contributed by atoms with Crippen LogP contribution in [0.1, 0.15) is 90.4 Å². The van der Waals surface area contributed by atoms with Crippen LogP contribution in [0.5, 0.6) is 0 Å². The van der Waals surface area contributed by atoms with Gasteiger partial charge in [0, 0.05) is 0 Å². The van der Waals surface area contributed by atoms with E-state index in [-0.39, 0.29) is 0 Å². The van der Waals surface area contributed by atoms with Gasteiger partial charge in [-0.1, -0.05) is 84.0 Å². The molecule has 0 spiro atoms. The normalized spacial score (nSPS) is 11.4. The van der Waals surface area contributed by atoms with E-state index in [2.05, 4.69) is 25.9 Å². The minimum Gasteiger partial charge on any atom is -0.309 e. The van der Waals surface area contributed by atoms with Gasteiger partial charge in [-0.05, 0) is 27.1 Å². The van der Waals surface area contributed by atoms with E-state index in [1.165, 1.54) is 90.0 Å². The van der Waals surface area contributed by atoms with Crippen molar-refractivity contribution in [2.45, 2.75) is 90.4 Å². The Hall–Kier alpha value is -0.170. The van der Waals surface area contributed by atoms with Crippen LogP contribution < -0.4 is 0 Å². The van der Waals surface area contributed by atoms with E-state index in [1.54, 1.807) is 0 Å². The van der Waals surface area contributed by atoms with Gasteiger partial charge in [0.05, 0.1) is 0 Å². The lowest BCUT2D eigenvalue weighted by atomic mass is 10.0. The molecule has 0 heterocycles. The van der Waals surface area contributed by atoms with Crippen LogP contribution in [0.2, 0.25) is 0 Å². The third-order valence-corrected chi connectivity index (χ3v) is 3.71. The molecular weight excluding hydrogens is 314 g/mol. The molecule has 0 aliphatic heterocycles. The Bertz CT molecular complexity index is 311. The van der Waals surface area contributed by atoms with E-state index in [9.17, 15) is 0 Å². The van der Waals surface area contributed by atoms with Gasteiger partial charge < -0.3 is 4.90 Å². The van der Waals surface area contributed by atoms with Gasteiger partial charge in [0.25, 0.3) is 0 Å². The van der Waals surface area contributed by atoms with E-state index in [1.807, 2.05) is 0 Å². The van der Waals surface area contributed by atoms with Crippen LogP contribution in [0.4, 0.5) is 0 Å². The molecule has 0 aromatic carbocycles. The van der Waals surface area contributed by atoms with E-state index in [4.69, 9.17) is 17.5 Å². The van der Waals surface area contributed by atoms with Gasteiger partial charge in [-0.3, -0.25) is 9.11 Å². The lowest BCUT2D eigenvalue weighted by Crippen LogP contribution is -2.12. The van der Waals surface area contributed by atoms with Crippen LogP contribution >= 0.6 is 0 Å². The molecule has 0 radical (unpaired) electrons. The highest BCUT2D eigenvalue weighted by atomic mass is 32.3. The van der Waals surface area contributed by atoms with E-state index >= 15 is 0 Å². The Morgan fingerprint density at radius 3 is 1.17 bits per heavy atom. The average molecular weight is 354 g/mol. The molecule has 142 valence electrons. The Labute approximate surface area is 144 Å². The number of unbranched alkanes of at least 4 members (excludes halogenated alkanes) is 12. The van der Waals surface area contributed by atoms with Crippen LogP contribution in [0.3, 0.4) is 0 Å². The molecule has 5 nitrogen and oxygen atoms in total. The maximum atomic E-state index is 8.74. The summed E-state index contributed by atoms with van der Waals surface area (Å²) in [6.07, 6.45) is 18.8. The maximum absolute atomic E-state index is 8.74. The zero-order chi connectivity index (χ0) is 18.0. The highest BCUT2D eigenvalue weighted by Gasteiger charge is 1.94. The fraction of sp³-hybridized carbons (Fsp3) is 1.00. The molecule has 6 heteroatoms. The molecule has 0 bridgehead atoms. The van der Waals surface area contributed by atoms with E-state index in [0.29, 0.717) is 0 Å². The average Bonchev–Trinajstić information content (AvgIpc) is 2.42. The van der Waals surface area contributed by atoms with Gasteiger partial charge in [0.2, 0.25) is 0 Å². The van der Waals surface area contributed by atoms with Crippen molar-refractivity contribution in [3.63, 3.8) is 0 Å². The standard InChI is InChI=1S/C17H37N.H2O4S/c1-4-5-6-7-8-9-10-11-12-13-14-15-16-17-18(2)3;1-5(2,3)4/h4-17H2,1-3H3;(H2,1,2,3,4). The van der Waals surface area contributed by atoms with Gasteiger partial charge >= 0.3 is 10.4 Å². The summed E-state index contributed by atoms with van der Waals surface area (Å²) in [5.74, 6) is 0. The first kappa shape index (κ1) is 25.1. The molecular formula is C17H39NO4S. The number of hydrogen-bond acceptors (Lipinski definition) is 3. The van der Waals surface area contributed by atoms with E-state index < -0.39 is 10.4 Å². The summed E-state index contributed by atoms with van der Waals surface area (Å²) in [7, 11) is -0.332. The summed E-state index contributed by atoms with van der Waals surface area (Å²) >= 11 is 0. The van der Waals surface area contributed by atoms with Crippen LogP contribution in [0, 0.1) is 0 Å². The maximum Gasteiger partial charge on any atom is 0.394 e. The van der Waals surface area contributed by atoms with Crippen molar-refractivity contribution in [2.24, 2.45) is 0 Å². The summed E-state index contributed by atoms with van der Waals surface area (Å²) in [5, 5.41) is 0. The Morgan fingerprint density at radius 1 is 0.652 bits per heavy atom. The fourth-order valence-corrected chi connectivity index (χ4v) is 2.45. The van der Waals surface area contributed by atoms with Crippen molar-refractivity contribution in [3.8, 4) is 0 Å². The summed E-state index contributed by atoms with van der Waals surface area (Å²) in [6, 6.07) is 0. The first-order valence-corrected chi connectivity index (χ1v) is 10.5. The summed E-state index contributed by atoms with van der Waals surface area (Å²) < 4.78 is 31.6. The Balaban J connectivity index is 0. The molecule has 0 fully saturated rings. The molecule has 0 amide bonds. The molecule has 0 aliphatic carbocycles. The molecule has 0 aromatic heterocycles. The molecule has 0 aliphatic rings. The Kier molecular flexibility index (Phi) is 19.8. The van der Waals surface area contributed by atoms with Gasteiger partial charge in [0.15, 0.2) is 0 Å². The predicted molar refractivity (Wildman–Crippen MR) is 98.4 cm³/mol. The zero-order valence-electron chi connectivity index (χ0n) is 15.5. The summed E-state index contributed by atoms with van der Waals surface area (Å²) in [4.78, 5) is 2.29. The smallest absolute Gasteiger partial charge is 0.309 e. The number of nitrogens with zero attached hydrogens (tertiary/aromatic N) is 1. The largest absolute Gasteiger partial charge is 0.394 e. The fourth-order valence-electron chi connectivity index (χ4n) is 2.45.